The molecule has 1 heterocycles. The minimum atomic E-state index is -2.97. The lowest BCUT2D eigenvalue weighted by Gasteiger charge is -2.15. The number of hydrogen-bond donors (Lipinski definition) is 2. The molecule has 1 aliphatic rings. The Hall–Kier alpha value is -1.54. The molecule has 2 N–H and O–H groups in total. The summed E-state index contributed by atoms with van der Waals surface area (Å²) in [6.07, 6.45) is 0.543. The smallest absolute Gasteiger partial charge is 0.330 e. The number of rotatable bonds is 6. The SMILES string of the molecule is O=C(CSC1CCS(=O)(=O)C1)N[C@H](C(=O)O)c1ccccc1. The fourth-order valence-corrected chi connectivity index (χ4v) is 5.68. The molecule has 2 rings (SSSR count). The molecule has 1 aliphatic heterocycles. The zero-order valence-corrected chi connectivity index (χ0v) is 13.4. The Bertz CT molecular complexity index is 644. The fraction of sp³-hybridized carbons (Fsp3) is 0.429. The maximum absolute atomic E-state index is 11.9. The van der Waals surface area contributed by atoms with Crippen LogP contribution in [0.2, 0.25) is 0 Å². The van der Waals surface area contributed by atoms with Crippen LogP contribution >= 0.6 is 11.8 Å². The molecule has 120 valence electrons. The number of carbonyl (C=O) groups excluding carboxylic acids is 1. The summed E-state index contributed by atoms with van der Waals surface area (Å²) >= 11 is 1.26. The minimum Gasteiger partial charge on any atom is -0.479 e. The van der Waals surface area contributed by atoms with E-state index in [9.17, 15) is 23.1 Å². The van der Waals surface area contributed by atoms with E-state index in [4.69, 9.17) is 0 Å². The second-order valence-corrected chi connectivity index (χ2v) is 8.60. The number of thioether (sulfide) groups is 1. The van der Waals surface area contributed by atoms with Gasteiger partial charge in [0.1, 0.15) is 0 Å². The van der Waals surface area contributed by atoms with Crippen molar-refractivity contribution in [1.82, 2.24) is 5.32 Å². The molecule has 0 aliphatic carbocycles. The van der Waals surface area contributed by atoms with E-state index in [0.717, 1.165) is 0 Å². The van der Waals surface area contributed by atoms with Gasteiger partial charge >= 0.3 is 5.97 Å². The van der Waals surface area contributed by atoms with E-state index in [1.54, 1.807) is 30.3 Å². The molecular weight excluding hydrogens is 326 g/mol. The number of benzene rings is 1. The molecule has 0 spiro atoms. The van der Waals surface area contributed by atoms with Crippen LogP contribution in [-0.2, 0) is 19.4 Å². The zero-order valence-electron chi connectivity index (χ0n) is 11.8. The van der Waals surface area contributed by atoms with Crippen molar-refractivity contribution in [3.63, 3.8) is 0 Å². The first-order chi connectivity index (χ1) is 10.4. The number of aliphatic carboxylic acids is 1. The summed E-state index contributed by atoms with van der Waals surface area (Å²) in [6.45, 7) is 0. The lowest BCUT2D eigenvalue weighted by molar-refractivity contribution is -0.141. The van der Waals surface area contributed by atoms with Gasteiger partial charge in [0.25, 0.3) is 0 Å². The Morgan fingerprint density at radius 2 is 2.00 bits per heavy atom. The van der Waals surface area contributed by atoms with Gasteiger partial charge in [0, 0.05) is 5.25 Å². The molecular formula is C14H17NO5S2. The van der Waals surface area contributed by atoms with Gasteiger partial charge in [-0.2, -0.15) is 0 Å². The summed E-state index contributed by atoms with van der Waals surface area (Å²) in [7, 11) is -2.97. The van der Waals surface area contributed by atoms with E-state index in [1.165, 1.54) is 11.8 Å². The van der Waals surface area contributed by atoms with Crippen LogP contribution in [0.15, 0.2) is 30.3 Å². The van der Waals surface area contributed by atoms with Gasteiger partial charge in [-0.05, 0) is 12.0 Å². The monoisotopic (exact) mass is 343 g/mol. The summed E-state index contributed by atoms with van der Waals surface area (Å²) in [5.41, 5.74) is 0.497. The molecule has 2 atom stereocenters. The van der Waals surface area contributed by atoms with E-state index >= 15 is 0 Å². The zero-order chi connectivity index (χ0) is 16.2. The first kappa shape index (κ1) is 16.8. The fourth-order valence-electron chi connectivity index (χ4n) is 2.22. The number of carbonyl (C=O) groups is 2. The molecule has 1 unspecified atom stereocenters. The van der Waals surface area contributed by atoms with Crippen molar-refractivity contribution in [3.05, 3.63) is 35.9 Å². The molecule has 0 radical (unpaired) electrons. The highest BCUT2D eigenvalue weighted by Gasteiger charge is 2.29. The number of carboxylic acid groups (broad SMARTS) is 1. The Balaban J connectivity index is 1.88. The summed E-state index contributed by atoms with van der Waals surface area (Å²) < 4.78 is 22.7. The first-order valence-electron chi connectivity index (χ1n) is 6.76. The molecule has 8 heteroatoms. The number of sulfone groups is 1. The van der Waals surface area contributed by atoms with E-state index in [0.29, 0.717) is 12.0 Å². The highest BCUT2D eigenvalue weighted by atomic mass is 32.2. The Kier molecular flexibility index (Phi) is 5.47. The van der Waals surface area contributed by atoms with E-state index in [-0.39, 0.29) is 22.5 Å². The molecule has 1 fully saturated rings. The Labute approximate surface area is 133 Å². The van der Waals surface area contributed by atoms with Crippen molar-refractivity contribution in [1.29, 1.82) is 0 Å². The summed E-state index contributed by atoms with van der Waals surface area (Å²) in [4.78, 5) is 23.2. The van der Waals surface area contributed by atoms with Crippen molar-refractivity contribution in [3.8, 4) is 0 Å². The van der Waals surface area contributed by atoms with Crippen molar-refractivity contribution >= 4 is 33.5 Å². The maximum atomic E-state index is 11.9. The first-order valence-corrected chi connectivity index (χ1v) is 9.63. The van der Waals surface area contributed by atoms with Crippen molar-refractivity contribution in [2.45, 2.75) is 17.7 Å². The second kappa shape index (κ2) is 7.15. The molecule has 1 saturated heterocycles. The quantitative estimate of drug-likeness (QED) is 0.794. The van der Waals surface area contributed by atoms with Crippen LogP contribution in [-0.4, -0.2) is 47.9 Å². The predicted molar refractivity (Wildman–Crippen MR) is 84.5 cm³/mol. The summed E-state index contributed by atoms with van der Waals surface area (Å²) in [5.74, 6) is -1.24. The highest BCUT2D eigenvalue weighted by Crippen LogP contribution is 2.24. The van der Waals surface area contributed by atoms with Gasteiger partial charge in [-0.15, -0.1) is 11.8 Å². The maximum Gasteiger partial charge on any atom is 0.330 e. The molecule has 1 aromatic rings. The van der Waals surface area contributed by atoms with Crippen LogP contribution in [0.25, 0.3) is 0 Å². The van der Waals surface area contributed by atoms with Gasteiger partial charge in [0.05, 0.1) is 17.3 Å². The Morgan fingerprint density at radius 3 is 2.55 bits per heavy atom. The number of carboxylic acids is 1. The predicted octanol–water partition coefficient (Wildman–Crippen LogP) is 0.849. The molecule has 0 saturated carbocycles. The second-order valence-electron chi connectivity index (χ2n) is 5.09. The van der Waals surface area contributed by atoms with E-state index in [1.807, 2.05) is 0 Å². The summed E-state index contributed by atoms with van der Waals surface area (Å²) in [5, 5.41) is 11.6. The van der Waals surface area contributed by atoms with Crippen LogP contribution in [0.3, 0.4) is 0 Å². The normalized spacial score (nSPS) is 21.2. The van der Waals surface area contributed by atoms with Crippen LogP contribution in [0.4, 0.5) is 0 Å². The molecule has 0 aromatic heterocycles. The standard InChI is InChI=1S/C14H17NO5S2/c16-12(8-21-11-6-7-22(19,20)9-11)15-13(14(17)18)10-4-2-1-3-5-10/h1-5,11,13H,6-9H2,(H,15,16)(H,17,18)/t11?,13-/m0/s1. The lowest BCUT2D eigenvalue weighted by atomic mass is 10.1. The van der Waals surface area contributed by atoms with Gasteiger partial charge in [-0.25, -0.2) is 13.2 Å². The average molecular weight is 343 g/mol. The van der Waals surface area contributed by atoms with E-state index < -0.39 is 27.8 Å². The van der Waals surface area contributed by atoms with Crippen LogP contribution in [0.5, 0.6) is 0 Å². The molecule has 6 nitrogen and oxygen atoms in total. The van der Waals surface area contributed by atoms with Gasteiger partial charge in [-0.3, -0.25) is 4.79 Å². The topological polar surface area (TPSA) is 101 Å². The number of nitrogens with one attached hydrogen (secondary N) is 1. The van der Waals surface area contributed by atoms with E-state index in [2.05, 4.69) is 5.32 Å². The van der Waals surface area contributed by atoms with Gasteiger partial charge in [0.2, 0.25) is 5.91 Å². The average Bonchev–Trinajstić information content (AvgIpc) is 2.82. The number of hydrogen-bond acceptors (Lipinski definition) is 5. The summed E-state index contributed by atoms with van der Waals surface area (Å²) in [6, 6.07) is 7.35. The third kappa shape index (κ3) is 4.74. The van der Waals surface area contributed by atoms with Crippen LogP contribution in [0.1, 0.15) is 18.0 Å². The molecule has 22 heavy (non-hydrogen) atoms. The molecule has 1 amide bonds. The largest absolute Gasteiger partial charge is 0.479 e. The Morgan fingerprint density at radius 1 is 1.32 bits per heavy atom. The van der Waals surface area contributed by atoms with Crippen molar-refractivity contribution in [2.75, 3.05) is 17.3 Å². The van der Waals surface area contributed by atoms with Gasteiger partial charge < -0.3 is 10.4 Å². The molecule has 1 aromatic carbocycles. The third-order valence-electron chi connectivity index (χ3n) is 3.33. The van der Waals surface area contributed by atoms with Crippen molar-refractivity contribution < 1.29 is 23.1 Å². The molecule has 0 bridgehead atoms. The van der Waals surface area contributed by atoms with Crippen LogP contribution < -0.4 is 5.32 Å². The van der Waals surface area contributed by atoms with Crippen molar-refractivity contribution in [2.24, 2.45) is 0 Å². The highest BCUT2D eigenvalue weighted by molar-refractivity contribution is 8.02. The minimum absolute atomic E-state index is 0.0524. The lowest BCUT2D eigenvalue weighted by Crippen LogP contribution is -2.35. The van der Waals surface area contributed by atoms with Crippen LogP contribution in [0, 0.1) is 0 Å². The van der Waals surface area contributed by atoms with Gasteiger partial charge in [0.15, 0.2) is 15.9 Å². The third-order valence-corrected chi connectivity index (χ3v) is 6.61. The number of amides is 1. The van der Waals surface area contributed by atoms with Gasteiger partial charge in [-0.1, -0.05) is 30.3 Å².